The van der Waals surface area contributed by atoms with Gasteiger partial charge in [0, 0.05) is 25.7 Å². The Kier molecular flexibility index (Phi) is 3.80. The van der Waals surface area contributed by atoms with Gasteiger partial charge in [-0.3, -0.25) is 4.79 Å². The van der Waals surface area contributed by atoms with E-state index in [1.807, 2.05) is 0 Å². The summed E-state index contributed by atoms with van der Waals surface area (Å²) in [6.07, 6.45) is 1.52. The Bertz CT molecular complexity index is 260. The molecule has 0 aromatic carbocycles. The summed E-state index contributed by atoms with van der Waals surface area (Å²) in [6, 6.07) is 0.379. The van der Waals surface area contributed by atoms with Gasteiger partial charge in [0.05, 0.1) is 12.5 Å². The van der Waals surface area contributed by atoms with Crippen LogP contribution in [0, 0.1) is 0 Å². The fourth-order valence-electron chi connectivity index (χ4n) is 2.18. The molecule has 0 radical (unpaired) electrons. The number of amides is 1. The number of likely N-dealkylation sites (tertiary alicyclic amines) is 1. The average Bonchev–Trinajstić information content (AvgIpc) is 2.63. The number of nitrogens with one attached hydrogen (secondary N) is 2. The lowest BCUT2D eigenvalue weighted by Crippen LogP contribution is -2.58. The highest BCUT2D eigenvalue weighted by atomic mass is 16.4. The maximum Gasteiger partial charge on any atom is 0.475 e. The Morgan fingerprint density at radius 2 is 2.25 bits per heavy atom. The molecule has 1 unspecified atom stereocenters. The van der Waals surface area contributed by atoms with Crippen molar-refractivity contribution in [3.63, 3.8) is 0 Å². The van der Waals surface area contributed by atoms with E-state index in [1.165, 1.54) is 0 Å². The molecule has 0 bridgehead atoms. The minimum Gasteiger partial charge on any atom is -0.426 e. The molecule has 16 heavy (non-hydrogen) atoms. The van der Waals surface area contributed by atoms with Crippen LogP contribution in [-0.2, 0) is 4.79 Å². The number of hydrogen-bond donors (Lipinski definition) is 4. The third-order valence-electron chi connectivity index (χ3n) is 3.29. The van der Waals surface area contributed by atoms with Gasteiger partial charge in [-0.25, -0.2) is 0 Å². The third-order valence-corrected chi connectivity index (χ3v) is 3.29. The van der Waals surface area contributed by atoms with Crippen LogP contribution in [0.3, 0.4) is 0 Å². The molecule has 6 nitrogen and oxygen atoms in total. The zero-order valence-electron chi connectivity index (χ0n) is 9.22. The van der Waals surface area contributed by atoms with Crippen molar-refractivity contribution in [2.24, 2.45) is 0 Å². The minimum absolute atomic E-state index is 0.0394. The van der Waals surface area contributed by atoms with Crippen LogP contribution in [0.4, 0.5) is 0 Å². The van der Waals surface area contributed by atoms with Gasteiger partial charge in [0.1, 0.15) is 0 Å². The predicted molar refractivity (Wildman–Crippen MR) is 59.6 cm³/mol. The second kappa shape index (κ2) is 5.14. The first-order valence-corrected chi connectivity index (χ1v) is 5.78. The summed E-state index contributed by atoms with van der Waals surface area (Å²) in [5, 5.41) is 24.5. The van der Waals surface area contributed by atoms with E-state index >= 15 is 0 Å². The number of nitrogens with zero attached hydrogens (tertiary/aromatic N) is 1. The van der Waals surface area contributed by atoms with E-state index in [2.05, 4.69) is 10.6 Å². The Morgan fingerprint density at radius 3 is 2.81 bits per heavy atom. The predicted octanol–water partition coefficient (Wildman–Crippen LogP) is -2.45. The summed E-state index contributed by atoms with van der Waals surface area (Å²) >= 11 is 0. The Morgan fingerprint density at radius 1 is 1.50 bits per heavy atom. The van der Waals surface area contributed by atoms with Crippen LogP contribution >= 0.6 is 0 Å². The molecule has 2 aliphatic rings. The Hall–Kier alpha value is -0.625. The van der Waals surface area contributed by atoms with E-state index in [0.717, 1.165) is 19.5 Å². The van der Waals surface area contributed by atoms with Crippen molar-refractivity contribution in [2.75, 3.05) is 26.2 Å². The topological polar surface area (TPSA) is 84.8 Å². The molecule has 2 saturated heterocycles. The van der Waals surface area contributed by atoms with E-state index in [-0.39, 0.29) is 12.5 Å². The van der Waals surface area contributed by atoms with Gasteiger partial charge in [-0.15, -0.1) is 0 Å². The smallest absolute Gasteiger partial charge is 0.426 e. The van der Waals surface area contributed by atoms with E-state index in [4.69, 9.17) is 10.0 Å². The zero-order valence-corrected chi connectivity index (χ0v) is 9.22. The largest absolute Gasteiger partial charge is 0.475 e. The van der Waals surface area contributed by atoms with Gasteiger partial charge >= 0.3 is 7.12 Å². The van der Waals surface area contributed by atoms with Gasteiger partial charge in [0.15, 0.2) is 0 Å². The molecule has 2 aliphatic heterocycles. The fraction of sp³-hybridized carbons (Fsp3) is 0.889. The summed E-state index contributed by atoms with van der Waals surface area (Å²) in [4.78, 5) is 13.4. The minimum atomic E-state index is -1.42. The lowest BCUT2D eigenvalue weighted by atomic mass is 9.78. The van der Waals surface area contributed by atoms with Crippen LogP contribution in [0.5, 0.6) is 0 Å². The third kappa shape index (κ3) is 2.54. The molecule has 0 aliphatic carbocycles. The van der Waals surface area contributed by atoms with E-state index < -0.39 is 13.1 Å². The van der Waals surface area contributed by atoms with Crippen molar-refractivity contribution in [1.29, 1.82) is 0 Å². The van der Waals surface area contributed by atoms with E-state index in [0.29, 0.717) is 19.0 Å². The van der Waals surface area contributed by atoms with Gasteiger partial charge in [-0.05, 0) is 12.8 Å². The lowest BCUT2D eigenvalue weighted by molar-refractivity contribution is -0.130. The molecule has 2 fully saturated rings. The SMILES string of the molecule is O=C(CNC1CNC1)N1CCCC1B(O)O. The number of carbonyl (C=O) groups is 1. The van der Waals surface area contributed by atoms with Crippen LogP contribution < -0.4 is 10.6 Å². The molecule has 0 aromatic rings. The highest BCUT2D eigenvalue weighted by Crippen LogP contribution is 2.17. The Labute approximate surface area is 95.1 Å². The lowest BCUT2D eigenvalue weighted by Gasteiger charge is -2.30. The van der Waals surface area contributed by atoms with Crippen molar-refractivity contribution >= 4 is 13.0 Å². The monoisotopic (exact) mass is 227 g/mol. The molecule has 2 rings (SSSR count). The fourth-order valence-corrected chi connectivity index (χ4v) is 2.18. The second-order valence-electron chi connectivity index (χ2n) is 4.45. The average molecular weight is 227 g/mol. The van der Waals surface area contributed by atoms with Crippen LogP contribution in [0.25, 0.3) is 0 Å². The van der Waals surface area contributed by atoms with Crippen LogP contribution in [0.1, 0.15) is 12.8 Å². The van der Waals surface area contributed by atoms with E-state index in [1.54, 1.807) is 4.90 Å². The molecule has 90 valence electrons. The molecule has 7 heteroatoms. The van der Waals surface area contributed by atoms with Gasteiger partial charge in [0.25, 0.3) is 0 Å². The summed E-state index contributed by atoms with van der Waals surface area (Å²) in [5.74, 6) is -0.462. The van der Waals surface area contributed by atoms with Crippen molar-refractivity contribution in [1.82, 2.24) is 15.5 Å². The van der Waals surface area contributed by atoms with Crippen molar-refractivity contribution in [3.05, 3.63) is 0 Å². The maximum absolute atomic E-state index is 11.8. The normalized spacial score (nSPS) is 25.6. The summed E-state index contributed by atoms with van der Waals surface area (Å²) < 4.78 is 0. The maximum atomic E-state index is 11.8. The van der Waals surface area contributed by atoms with Crippen LogP contribution in [0.15, 0.2) is 0 Å². The van der Waals surface area contributed by atoms with Crippen molar-refractivity contribution in [2.45, 2.75) is 24.8 Å². The quantitative estimate of drug-likeness (QED) is 0.401. The number of carbonyl (C=O) groups excluding carboxylic acids is 1. The first-order valence-electron chi connectivity index (χ1n) is 5.78. The van der Waals surface area contributed by atoms with Crippen LogP contribution in [0.2, 0.25) is 0 Å². The van der Waals surface area contributed by atoms with E-state index in [9.17, 15) is 4.79 Å². The Balaban J connectivity index is 1.78. The molecule has 0 saturated carbocycles. The van der Waals surface area contributed by atoms with Gasteiger partial charge in [0.2, 0.25) is 5.91 Å². The molecule has 2 heterocycles. The summed E-state index contributed by atoms with van der Waals surface area (Å²) in [7, 11) is -1.42. The number of hydrogen-bond acceptors (Lipinski definition) is 5. The van der Waals surface area contributed by atoms with Crippen molar-refractivity contribution < 1.29 is 14.8 Å². The standard InChI is InChI=1S/C9H18BN3O3/c14-9(6-12-7-4-11-5-7)13-3-1-2-8(13)10(15)16/h7-8,11-12,15-16H,1-6H2. The van der Waals surface area contributed by atoms with Gasteiger partial charge in [-0.1, -0.05) is 0 Å². The molecule has 0 spiro atoms. The van der Waals surface area contributed by atoms with Crippen LogP contribution in [-0.4, -0.2) is 66.1 Å². The summed E-state index contributed by atoms with van der Waals surface area (Å²) in [5.41, 5.74) is 0. The first-order chi connectivity index (χ1) is 7.68. The molecule has 1 amide bonds. The highest BCUT2D eigenvalue weighted by molar-refractivity contribution is 6.43. The highest BCUT2D eigenvalue weighted by Gasteiger charge is 2.36. The van der Waals surface area contributed by atoms with Gasteiger partial charge in [-0.2, -0.15) is 0 Å². The second-order valence-corrected chi connectivity index (χ2v) is 4.45. The molecule has 1 atom stereocenters. The van der Waals surface area contributed by atoms with Gasteiger partial charge < -0.3 is 25.6 Å². The summed E-state index contributed by atoms with van der Waals surface area (Å²) in [6.45, 7) is 2.72. The molecular formula is C9H18BN3O3. The molecule has 4 N–H and O–H groups in total. The molecular weight excluding hydrogens is 209 g/mol. The molecule has 0 aromatic heterocycles. The first kappa shape index (κ1) is 11.8. The number of rotatable bonds is 4. The van der Waals surface area contributed by atoms with Crippen molar-refractivity contribution in [3.8, 4) is 0 Å². The zero-order chi connectivity index (χ0) is 11.5.